The van der Waals surface area contributed by atoms with Crippen molar-refractivity contribution in [2.75, 3.05) is 11.9 Å². The van der Waals surface area contributed by atoms with Crippen molar-refractivity contribution in [3.8, 4) is 0 Å². The van der Waals surface area contributed by atoms with E-state index in [1.807, 2.05) is 0 Å². The Kier molecular flexibility index (Phi) is 17.7. The number of halogens is 3. The van der Waals surface area contributed by atoms with E-state index in [-0.39, 0.29) is 18.0 Å². The fourth-order valence-electron chi connectivity index (χ4n) is 3.34. The minimum atomic E-state index is -0.758. The molecule has 0 radical (unpaired) electrons. The normalized spacial score (nSPS) is 10.5. The maximum atomic E-state index is 13.7. The topological polar surface area (TPSA) is 29.1 Å². The highest BCUT2D eigenvalue weighted by Crippen LogP contribution is 2.17. The van der Waals surface area contributed by atoms with Crippen molar-refractivity contribution in [1.29, 1.82) is 0 Å². The third kappa shape index (κ3) is 13.4. The van der Waals surface area contributed by atoms with Crippen LogP contribution < -0.4 is 5.32 Å². The molecule has 2 nitrogen and oxygen atoms in total. The van der Waals surface area contributed by atoms with Gasteiger partial charge in [-0.05, 0) is 36.2 Å². The van der Waals surface area contributed by atoms with Gasteiger partial charge in [0.05, 0.1) is 5.56 Å². The molecule has 0 heterocycles. The Hall–Kier alpha value is -0.800. The zero-order chi connectivity index (χ0) is 19.7. The van der Waals surface area contributed by atoms with Crippen molar-refractivity contribution in [3.63, 3.8) is 0 Å². The molecule has 0 unspecified atom stereocenters. The van der Waals surface area contributed by atoms with Gasteiger partial charge in [-0.15, -0.1) is 12.4 Å². The zero-order valence-electron chi connectivity index (χ0n) is 17.4. The van der Waals surface area contributed by atoms with Crippen LogP contribution in [0.15, 0.2) is 18.2 Å². The Morgan fingerprint density at radius 3 is 1.75 bits per heavy atom. The van der Waals surface area contributed by atoms with Gasteiger partial charge in [0.15, 0.2) is 0 Å². The lowest BCUT2D eigenvalue weighted by Crippen LogP contribution is -2.03. The Morgan fingerprint density at radius 2 is 1.32 bits per heavy atom. The summed E-state index contributed by atoms with van der Waals surface area (Å²) in [5.74, 6) is -0.569. The van der Waals surface area contributed by atoms with E-state index in [4.69, 9.17) is 11.6 Å². The standard InChI is InChI=1S/C23H37ClFNO.ClH/c1-2-3-4-5-6-7-8-9-10-11-12-13-14-15-18-26-20-16-17-21(23(24)27)22(25)19-20;/h16-17,19,26H,2-15,18H2,1H3;1H. The summed E-state index contributed by atoms with van der Waals surface area (Å²) in [5, 5.41) is 2.44. The van der Waals surface area contributed by atoms with Crippen LogP contribution in [0.3, 0.4) is 0 Å². The molecule has 0 atom stereocenters. The van der Waals surface area contributed by atoms with Crippen molar-refractivity contribution in [1.82, 2.24) is 0 Å². The lowest BCUT2D eigenvalue weighted by molar-refractivity contribution is 0.107. The van der Waals surface area contributed by atoms with E-state index in [9.17, 15) is 9.18 Å². The number of nitrogens with one attached hydrogen (secondary N) is 1. The summed E-state index contributed by atoms with van der Waals surface area (Å²) in [6.45, 7) is 3.09. The van der Waals surface area contributed by atoms with E-state index >= 15 is 0 Å². The van der Waals surface area contributed by atoms with Crippen molar-refractivity contribution >= 4 is 34.9 Å². The van der Waals surface area contributed by atoms with Gasteiger partial charge in [0.2, 0.25) is 0 Å². The van der Waals surface area contributed by atoms with E-state index in [2.05, 4.69) is 12.2 Å². The number of hydrogen-bond donors (Lipinski definition) is 1. The molecular formula is C23H38Cl2FNO. The third-order valence-corrected chi connectivity index (χ3v) is 5.24. The first-order valence-corrected chi connectivity index (χ1v) is 11.3. The quantitative estimate of drug-likeness (QED) is 0.197. The zero-order valence-corrected chi connectivity index (χ0v) is 19.0. The first-order chi connectivity index (χ1) is 13.1. The van der Waals surface area contributed by atoms with Crippen LogP contribution >= 0.6 is 24.0 Å². The van der Waals surface area contributed by atoms with Gasteiger partial charge in [0.1, 0.15) is 5.82 Å². The minimum absolute atomic E-state index is 0. The summed E-state index contributed by atoms with van der Waals surface area (Å²) in [4.78, 5) is 11.0. The minimum Gasteiger partial charge on any atom is -0.385 e. The monoisotopic (exact) mass is 433 g/mol. The SMILES string of the molecule is CCCCCCCCCCCCCCCCNc1ccc(C(=O)Cl)c(F)c1.Cl. The number of anilines is 1. The fraction of sp³-hybridized carbons (Fsp3) is 0.696. The average molecular weight is 434 g/mol. The summed E-state index contributed by atoms with van der Waals surface area (Å²) in [6.07, 6.45) is 18.8. The molecule has 28 heavy (non-hydrogen) atoms. The van der Waals surface area contributed by atoms with Crippen molar-refractivity contribution in [3.05, 3.63) is 29.6 Å². The second kappa shape index (κ2) is 18.2. The number of carbonyl (C=O) groups is 1. The number of rotatable bonds is 17. The van der Waals surface area contributed by atoms with Crippen LogP contribution in [0.2, 0.25) is 0 Å². The molecule has 0 spiro atoms. The van der Waals surface area contributed by atoms with E-state index < -0.39 is 11.1 Å². The molecule has 0 aliphatic heterocycles. The molecule has 162 valence electrons. The second-order valence-corrected chi connectivity index (χ2v) is 7.83. The highest BCUT2D eigenvalue weighted by Gasteiger charge is 2.09. The molecule has 0 aliphatic rings. The largest absolute Gasteiger partial charge is 0.385 e. The van der Waals surface area contributed by atoms with Crippen LogP contribution in [-0.2, 0) is 0 Å². The van der Waals surface area contributed by atoms with Gasteiger partial charge in [-0.25, -0.2) is 4.39 Å². The van der Waals surface area contributed by atoms with E-state index in [1.54, 1.807) is 6.07 Å². The van der Waals surface area contributed by atoms with Crippen LogP contribution in [0.1, 0.15) is 107 Å². The number of unbranched alkanes of at least 4 members (excludes halogenated alkanes) is 13. The predicted octanol–water partition coefficient (Wildman–Crippen LogP) is 8.52. The predicted molar refractivity (Wildman–Crippen MR) is 123 cm³/mol. The van der Waals surface area contributed by atoms with Crippen molar-refractivity contribution in [2.45, 2.75) is 96.8 Å². The van der Waals surface area contributed by atoms with Gasteiger partial charge in [-0.3, -0.25) is 4.79 Å². The highest BCUT2D eigenvalue weighted by atomic mass is 35.5. The molecule has 0 saturated carbocycles. The highest BCUT2D eigenvalue weighted by molar-refractivity contribution is 6.67. The lowest BCUT2D eigenvalue weighted by Gasteiger charge is -2.07. The Morgan fingerprint density at radius 1 is 0.857 bits per heavy atom. The molecule has 0 bridgehead atoms. The first kappa shape index (κ1) is 27.2. The Labute approximate surface area is 182 Å². The maximum absolute atomic E-state index is 13.7. The molecule has 0 aliphatic carbocycles. The lowest BCUT2D eigenvalue weighted by atomic mass is 10.0. The van der Waals surface area contributed by atoms with E-state index in [1.165, 1.54) is 95.6 Å². The van der Waals surface area contributed by atoms with Crippen LogP contribution in [0.5, 0.6) is 0 Å². The molecule has 0 saturated heterocycles. The average Bonchev–Trinajstić information content (AvgIpc) is 2.64. The summed E-state index contributed by atoms with van der Waals surface area (Å²) in [7, 11) is 0. The van der Waals surface area contributed by atoms with Gasteiger partial charge in [-0.1, -0.05) is 90.4 Å². The van der Waals surface area contributed by atoms with Crippen molar-refractivity contribution < 1.29 is 9.18 Å². The van der Waals surface area contributed by atoms with Crippen LogP contribution in [0.25, 0.3) is 0 Å². The maximum Gasteiger partial charge on any atom is 0.255 e. The molecule has 1 aromatic rings. The Balaban J connectivity index is 0.00000729. The van der Waals surface area contributed by atoms with E-state index in [0.717, 1.165) is 13.0 Å². The third-order valence-electron chi connectivity index (χ3n) is 5.04. The van der Waals surface area contributed by atoms with Gasteiger partial charge < -0.3 is 5.32 Å². The van der Waals surface area contributed by atoms with Gasteiger partial charge in [-0.2, -0.15) is 0 Å². The summed E-state index contributed by atoms with van der Waals surface area (Å²) in [6, 6.07) is 4.46. The molecule has 0 amide bonds. The first-order valence-electron chi connectivity index (χ1n) is 10.9. The van der Waals surface area contributed by atoms with Gasteiger partial charge in [0.25, 0.3) is 5.24 Å². The van der Waals surface area contributed by atoms with Crippen LogP contribution in [0, 0.1) is 5.82 Å². The Bertz CT molecular complexity index is 525. The summed E-state index contributed by atoms with van der Waals surface area (Å²) >= 11 is 5.31. The molecule has 1 aromatic carbocycles. The second-order valence-electron chi connectivity index (χ2n) is 7.49. The van der Waals surface area contributed by atoms with Gasteiger partial charge in [0, 0.05) is 12.2 Å². The number of carbonyl (C=O) groups excluding carboxylic acids is 1. The number of hydrogen-bond acceptors (Lipinski definition) is 2. The van der Waals surface area contributed by atoms with E-state index in [0.29, 0.717) is 5.69 Å². The van der Waals surface area contributed by atoms with Crippen molar-refractivity contribution in [2.24, 2.45) is 0 Å². The van der Waals surface area contributed by atoms with Gasteiger partial charge >= 0.3 is 0 Å². The molecule has 5 heteroatoms. The smallest absolute Gasteiger partial charge is 0.255 e. The number of benzene rings is 1. The summed E-state index contributed by atoms with van der Waals surface area (Å²) < 4.78 is 13.7. The molecule has 1 N–H and O–H groups in total. The van der Waals surface area contributed by atoms with Crippen LogP contribution in [0.4, 0.5) is 10.1 Å². The van der Waals surface area contributed by atoms with Crippen LogP contribution in [-0.4, -0.2) is 11.8 Å². The molecular weight excluding hydrogens is 396 g/mol. The summed E-state index contributed by atoms with van der Waals surface area (Å²) in [5.41, 5.74) is 0.627. The molecule has 0 fully saturated rings. The molecule has 1 rings (SSSR count). The fourth-order valence-corrected chi connectivity index (χ4v) is 3.49. The molecule has 0 aromatic heterocycles.